The minimum absolute atomic E-state index is 0.134. The van der Waals surface area contributed by atoms with Gasteiger partial charge in [-0.1, -0.05) is 13.8 Å². The summed E-state index contributed by atoms with van der Waals surface area (Å²) in [5.41, 5.74) is 5.96. The number of nitrogens with two attached hydrogens (primary N) is 1. The molecule has 0 aromatic carbocycles. The Balaban J connectivity index is 2.21. The second-order valence-electron chi connectivity index (χ2n) is 4.63. The highest BCUT2D eigenvalue weighted by Gasteiger charge is 2.25. The Kier molecular flexibility index (Phi) is 5.77. The van der Waals surface area contributed by atoms with Crippen LogP contribution in [0.15, 0.2) is 0 Å². The number of hydrogen-bond donors (Lipinski definition) is 1. The summed E-state index contributed by atoms with van der Waals surface area (Å²) in [5.74, 6) is 0.707. The summed E-state index contributed by atoms with van der Waals surface area (Å²) in [6, 6.07) is 0.134. The molecule has 0 aliphatic carbocycles. The van der Waals surface area contributed by atoms with E-state index in [4.69, 9.17) is 10.5 Å². The van der Waals surface area contributed by atoms with Crippen molar-refractivity contribution in [2.45, 2.75) is 39.2 Å². The van der Waals surface area contributed by atoms with Crippen LogP contribution in [0, 0.1) is 5.92 Å². The molecule has 1 aliphatic heterocycles. The molecule has 0 spiro atoms. The van der Waals surface area contributed by atoms with Gasteiger partial charge in [0.1, 0.15) is 0 Å². The van der Waals surface area contributed by atoms with Gasteiger partial charge in [0.2, 0.25) is 5.91 Å². The normalized spacial score (nSPS) is 25.8. The van der Waals surface area contributed by atoms with Crippen molar-refractivity contribution in [1.29, 1.82) is 0 Å². The number of carbonyl (C=O) groups excluding carboxylic acids is 1. The quantitative estimate of drug-likeness (QED) is 0.714. The van der Waals surface area contributed by atoms with Crippen molar-refractivity contribution in [2.24, 2.45) is 11.7 Å². The van der Waals surface area contributed by atoms with Crippen molar-refractivity contribution in [1.82, 2.24) is 4.90 Å². The van der Waals surface area contributed by atoms with Crippen LogP contribution in [0.3, 0.4) is 0 Å². The number of likely N-dealkylation sites (tertiary alicyclic amines) is 1. The number of ether oxygens (including phenoxy) is 1. The zero-order chi connectivity index (χ0) is 12.0. The molecule has 2 unspecified atom stereocenters. The van der Waals surface area contributed by atoms with Crippen LogP contribution in [-0.2, 0) is 9.53 Å². The molecule has 2 atom stereocenters. The van der Waals surface area contributed by atoms with Crippen LogP contribution >= 0.6 is 0 Å². The molecule has 1 amide bonds. The standard InChI is InChI=1S/C12H24N2O2/c1-3-7-16-8-5-12(15)14-6-4-10(2)11(13)9-14/h10-11H,3-9,13H2,1-2H3. The van der Waals surface area contributed by atoms with Gasteiger partial charge in [-0.05, 0) is 18.8 Å². The SMILES string of the molecule is CCCOCCC(=O)N1CCC(C)C(N)C1. The Bertz CT molecular complexity index is 221. The number of rotatable bonds is 5. The van der Waals surface area contributed by atoms with Gasteiger partial charge in [-0.3, -0.25) is 4.79 Å². The summed E-state index contributed by atoms with van der Waals surface area (Å²) in [7, 11) is 0. The summed E-state index contributed by atoms with van der Waals surface area (Å²) >= 11 is 0. The smallest absolute Gasteiger partial charge is 0.224 e. The molecule has 4 nitrogen and oxygen atoms in total. The summed E-state index contributed by atoms with van der Waals surface area (Å²) < 4.78 is 5.31. The van der Waals surface area contributed by atoms with E-state index < -0.39 is 0 Å². The van der Waals surface area contributed by atoms with Crippen molar-refractivity contribution in [2.75, 3.05) is 26.3 Å². The predicted molar refractivity (Wildman–Crippen MR) is 64.1 cm³/mol. The fraction of sp³-hybridized carbons (Fsp3) is 0.917. The first-order valence-electron chi connectivity index (χ1n) is 6.26. The van der Waals surface area contributed by atoms with Gasteiger partial charge < -0.3 is 15.4 Å². The molecule has 1 saturated heterocycles. The van der Waals surface area contributed by atoms with E-state index in [1.54, 1.807) is 0 Å². The summed E-state index contributed by atoms with van der Waals surface area (Å²) in [5, 5.41) is 0. The highest BCUT2D eigenvalue weighted by atomic mass is 16.5. The highest BCUT2D eigenvalue weighted by molar-refractivity contribution is 5.76. The fourth-order valence-corrected chi connectivity index (χ4v) is 1.89. The van der Waals surface area contributed by atoms with Gasteiger partial charge in [0.05, 0.1) is 13.0 Å². The van der Waals surface area contributed by atoms with Crippen LogP contribution in [0.1, 0.15) is 33.1 Å². The zero-order valence-electron chi connectivity index (χ0n) is 10.4. The number of carbonyl (C=O) groups is 1. The van der Waals surface area contributed by atoms with Crippen LogP contribution in [0.2, 0.25) is 0 Å². The van der Waals surface area contributed by atoms with Gasteiger partial charge in [-0.25, -0.2) is 0 Å². The third kappa shape index (κ3) is 4.10. The Morgan fingerprint density at radius 3 is 2.88 bits per heavy atom. The number of hydrogen-bond acceptors (Lipinski definition) is 3. The molecule has 1 rings (SSSR count). The first-order valence-corrected chi connectivity index (χ1v) is 6.26. The van der Waals surface area contributed by atoms with Crippen LogP contribution in [-0.4, -0.2) is 43.2 Å². The molecule has 1 heterocycles. The van der Waals surface area contributed by atoms with E-state index in [2.05, 4.69) is 13.8 Å². The van der Waals surface area contributed by atoms with Crippen molar-refractivity contribution >= 4 is 5.91 Å². The number of amides is 1. The molecule has 1 aliphatic rings. The third-order valence-corrected chi connectivity index (χ3v) is 3.18. The maximum atomic E-state index is 11.8. The molecule has 2 N–H and O–H groups in total. The van der Waals surface area contributed by atoms with E-state index in [0.717, 1.165) is 26.0 Å². The molecular weight excluding hydrogens is 204 g/mol. The van der Waals surface area contributed by atoms with Crippen LogP contribution in [0.5, 0.6) is 0 Å². The molecule has 0 aromatic rings. The van der Waals surface area contributed by atoms with Gasteiger partial charge in [-0.2, -0.15) is 0 Å². The lowest BCUT2D eigenvalue weighted by Crippen LogP contribution is -2.49. The van der Waals surface area contributed by atoms with Crippen LogP contribution in [0.4, 0.5) is 0 Å². The van der Waals surface area contributed by atoms with Gasteiger partial charge in [-0.15, -0.1) is 0 Å². The number of piperidine rings is 1. The highest BCUT2D eigenvalue weighted by Crippen LogP contribution is 2.15. The maximum Gasteiger partial charge on any atom is 0.224 e. The Morgan fingerprint density at radius 2 is 2.25 bits per heavy atom. The second kappa shape index (κ2) is 6.86. The Labute approximate surface area is 98.1 Å². The van der Waals surface area contributed by atoms with Crippen molar-refractivity contribution in [3.8, 4) is 0 Å². The molecule has 0 saturated carbocycles. The van der Waals surface area contributed by atoms with E-state index in [1.165, 1.54) is 0 Å². The van der Waals surface area contributed by atoms with E-state index in [0.29, 0.717) is 25.5 Å². The van der Waals surface area contributed by atoms with E-state index in [-0.39, 0.29) is 11.9 Å². The summed E-state index contributed by atoms with van der Waals surface area (Å²) in [4.78, 5) is 13.7. The first-order chi connectivity index (χ1) is 7.65. The molecule has 4 heteroatoms. The molecule has 0 aromatic heterocycles. The van der Waals surface area contributed by atoms with Gasteiger partial charge in [0.25, 0.3) is 0 Å². The topological polar surface area (TPSA) is 55.6 Å². The first kappa shape index (κ1) is 13.5. The molecule has 16 heavy (non-hydrogen) atoms. The average molecular weight is 228 g/mol. The lowest BCUT2D eigenvalue weighted by molar-refractivity contribution is -0.134. The van der Waals surface area contributed by atoms with Gasteiger partial charge in [0, 0.05) is 25.7 Å². The predicted octanol–water partition coefficient (Wildman–Crippen LogP) is 0.999. The summed E-state index contributed by atoms with van der Waals surface area (Å²) in [6.07, 6.45) is 2.50. The maximum absolute atomic E-state index is 11.8. The minimum atomic E-state index is 0.134. The molecule has 0 bridgehead atoms. The third-order valence-electron chi connectivity index (χ3n) is 3.18. The monoisotopic (exact) mass is 228 g/mol. The Hall–Kier alpha value is -0.610. The van der Waals surface area contributed by atoms with Crippen molar-refractivity contribution in [3.63, 3.8) is 0 Å². The van der Waals surface area contributed by atoms with Gasteiger partial charge >= 0.3 is 0 Å². The fourth-order valence-electron chi connectivity index (χ4n) is 1.89. The van der Waals surface area contributed by atoms with Crippen molar-refractivity contribution in [3.05, 3.63) is 0 Å². The number of nitrogens with zero attached hydrogens (tertiary/aromatic N) is 1. The van der Waals surface area contributed by atoms with Crippen LogP contribution in [0.25, 0.3) is 0 Å². The average Bonchev–Trinajstić information content (AvgIpc) is 2.28. The molecule has 1 fully saturated rings. The lowest BCUT2D eigenvalue weighted by Gasteiger charge is -2.35. The van der Waals surface area contributed by atoms with Crippen LogP contribution < -0.4 is 5.73 Å². The Morgan fingerprint density at radius 1 is 1.50 bits per heavy atom. The van der Waals surface area contributed by atoms with E-state index in [1.807, 2.05) is 4.90 Å². The molecule has 0 radical (unpaired) electrons. The second-order valence-corrected chi connectivity index (χ2v) is 4.63. The lowest BCUT2D eigenvalue weighted by atomic mass is 9.94. The summed E-state index contributed by atoms with van der Waals surface area (Å²) in [6.45, 7) is 7.04. The minimum Gasteiger partial charge on any atom is -0.381 e. The largest absolute Gasteiger partial charge is 0.381 e. The zero-order valence-corrected chi connectivity index (χ0v) is 10.4. The van der Waals surface area contributed by atoms with Crippen molar-refractivity contribution < 1.29 is 9.53 Å². The van der Waals surface area contributed by atoms with Gasteiger partial charge in [0.15, 0.2) is 0 Å². The van der Waals surface area contributed by atoms with E-state index >= 15 is 0 Å². The molecule has 94 valence electrons. The molecular formula is C12H24N2O2. The van der Waals surface area contributed by atoms with E-state index in [9.17, 15) is 4.79 Å².